The summed E-state index contributed by atoms with van der Waals surface area (Å²) in [6, 6.07) is 8.63. The van der Waals surface area contributed by atoms with E-state index in [9.17, 15) is 4.39 Å². The molecule has 1 aromatic rings. The van der Waals surface area contributed by atoms with Crippen molar-refractivity contribution in [2.75, 3.05) is 37.6 Å². The lowest BCUT2D eigenvalue weighted by Gasteiger charge is -2.40. The smallest absolute Gasteiger partial charge is 0.146 e. The molecule has 1 N–H and O–H groups in total. The van der Waals surface area contributed by atoms with Crippen molar-refractivity contribution in [1.82, 2.24) is 10.2 Å². The van der Waals surface area contributed by atoms with Crippen molar-refractivity contribution in [3.63, 3.8) is 0 Å². The van der Waals surface area contributed by atoms with Crippen LogP contribution in [0.15, 0.2) is 24.3 Å². The Balaban J connectivity index is 1.40. The molecule has 3 nitrogen and oxygen atoms in total. The lowest BCUT2D eigenvalue weighted by atomic mass is 10.00. The van der Waals surface area contributed by atoms with Crippen LogP contribution in [0.25, 0.3) is 0 Å². The minimum absolute atomic E-state index is 0.0859. The highest BCUT2D eigenvalue weighted by Crippen LogP contribution is 2.33. The molecule has 3 aliphatic heterocycles. The quantitative estimate of drug-likeness (QED) is 0.899. The molecule has 114 valence electrons. The van der Waals surface area contributed by atoms with Crippen LogP contribution in [0.2, 0.25) is 0 Å². The minimum atomic E-state index is -0.0859. The van der Waals surface area contributed by atoms with Gasteiger partial charge in [-0.3, -0.25) is 4.90 Å². The van der Waals surface area contributed by atoms with Crippen LogP contribution >= 0.6 is 0 Å². The third-order valence-corrected chi connectivity index (χ3v) is 5.61. The van der Waals surface area contributed by atoms with Gasteiger partial charge in [-0.05, 0) is 50.4 Å². The van der Waals surface area contributed by atoms with Gasteiger partial charge in [0.2, 0.25) is 0 Å². The number of piperidine rings is 1. The number of anilines is 1. The van der Waals surface area contributed by atoms with E-state index in [1.807, 2.05) is 12.1 Å². The van der Waals surface area contributed by atoms with Crippen LogP contribution < -0.4 is 10.2 Å². The molecule has 0 saturated carbocycles. The molecule has 2 atom stereocenters. The maximum atomic E-state index is 13.9. The number of hydrogen-bond acceptors (Lipinski definition) is 3. The molecule has 0 aliphatic carbocycles. The first kappa shape index (κ1) is 13.5. The van der Waals surface area contributed by atoms with Crippen LogP contribution in [0.1, 0.15) is 19.3 Å². The van der Waals surface area contributed by atoms with Crippen LogP contribution in [0.3, 0.4) is 0 Å². The van der Waals surface area contributed by atoms with Gasteiger partial charge in [-0.25, -0.2) is 4.39 Å². The third-order valence-electron chi connectivity index (χ3n) is 5.61. The molecular formula is C17H24FN3. The molecule has 4 heteroatoms. The van der Waals surface area contributed by atoms with Gasteiger partial charge in [0.05, 0.1) is 5.69 Å². The number of nitrogens with zero attached hydrogens (tertiary/aromatic N) is 2. The Labute approximate surface area is 126 Å². The highest BCUT2D eigenvalue weighted by molar-refractivity contribution is 5.47. The second-order valence-electron chi connectivity index (χ2n) is 6.68. The lowest BCUT2D eigenvalue weighted by molar-refractivity contribution is 0.153. The largest absolute Gasteiger partial charge is 0.369 e. The molecule has 21 heavy (non-hydrogen) atoms. The summed E-state index contributed by atoms with van der Waals surface area (Å²) in [6.45, 7) is 5.59. The first-order valence-corrected chi connectivity index (χ1v) is 8.29. The average molecular weight is 289 g/mol. The van der Waals surface area contributed by atoms with Crippen LogP contribution in [0, 0.1) is 11.7 Å². The topological polar surface area (TPSA) is 18.5 Å². The Hall–Kier alpha value is -1.13. The molecule has 3 heterocycles. The molecule has 3 saturated heterocycles. The van der Waals surface area contributed by atoms with Crippen LogP contribution in [0.5, 0.6) is 0 Å². The number of rotatable bonds is 2. The van der Waals surface area contributed by atoms with Gasteiger partial charge >= 0.3 is 0 Å². The molecule has 4 rings (SSSR count). The predicted octanol–water partition coefficient (Wildman–Crippen LogP) is 2.09. The van der Waals surface area contributed by atoms with Gasteiger partial charge in [0.25, 0.3) is 0 Å². The van der Waals surface area contributed by atoms with Crippen molar-refractivity contribution in [3.05, 3.63) is 30.1 Å². The molecular weight excluding hydrogens is 265 g/mol. The van der Waals surface area contributed by atoms with Crippen molar-refractivity contribution in [3.8, 4) is 0 Å². The fraction of sp³-hybridized carbons (Fsp3) is 0.647. The van der Waals surface area contributed by atoms with Crippen LogP contribution in [0.4, 0.5) is 10.1 Å². The van der Waals surface area contributed by atoms with E-state index in [0.717, 1.165) is 50.1 Å². The van der Waals surface area contributed by atoms with E-state index < -0.39 is 0 Å². The summed E-state index contributed by atoms with van der Waals surface area (Å²) in [6.07, 6.45) is 3.68. The molecule has 0 spiro atoms. The SMILES string of the molecule is Fc1ccccc1N1CCC(N2CCC3CNCC32)CC1. The Kier molecular flexibility index (Phi) is 3.59. The number of benzene rings is 1. The van der Waals surface area contributed by atoms with E-state index >= 15 is 0 Å². The summed E-state index contributed by atoms with van der Waals surface area (Å²) >= 11 is 0. The first-order chi connectivity index (χ1) is 10.3. The molecule has 1 aromatic carbocycles. The van der Waals surface area contributed by atoms with Gasteiger partial charge < -0.3 is 10.2 Å². The number of nitrogens with one attached hydrogen (secondary N) is 1. The van der Waals surface area contributed by atoms with Crippen LogP contribution in [-0.4, -0.2) is 49.7 Å². The van der Waals surface area contributed by atoms with Crippen molar-refractivity contribution in [2.45, 2.75) is 31.3 Å². The summed E-state index contributed by atoms with van der Waals surface area (Å²) in [5.74, 6) is 0.784. The third kappa shape index (κ3) is 2.44. The van der Waals surface area contributed by atoms with E-state index in [2.05, 4.69) is 15.1 Å². The minimum Gasteiger partial charge on any atom is -0.369 e. The number of hydrogen-bond donors (Lipinski definition) is 1. The van der Waals surface area contributed by atoms with Crippen LogP contribution in [-0.2, 0) is 0 Å². The maximum absolute atomic E-state index is 13.9. The number of likely N-dealkylation sites (tertiary alicyclic amines) is 1. The van der Waals surface area contributed by atoms with Gasteiger partial charge in [0.15, 0.2) is 0 Å². The monoisotopic (exact) mass is 289 g/mol. The van der Waals surface area contributed by atoms with E-state index in [1.54, 1.807) is 12.1 Å². The van der Waals surface area contributed by atoms with Crippen molar-refractivity contribution >= 4 is 5.69 Å². The van der Waals surface area contributed by atoms with Crippen molar-refractivity contribution in [1.29, 1.82) is 0 Å². The van der Waals surface area contributed by atoms with Crippen molar-refractivity contribution in [2.24, 2.45) is 5.92 Å². The summed E-state index contributed by atoms with van der Waals surface area (Å²) in [5, 5.41) is 3.53. The Bertz CT molecular complexity index is 499. The summed E-state index contributed by atoms with van der Waals surface area (Å²) in [7, 11) is 0. The Morgan fingerprint density at radius 3 is 2.62 bits per heavy atom. The number of halogens is 1. The molecule has 0 bridgehead atoms. The van der Waals surface area contributed by atoms with E-state index in [0.29, 0.717) is 6.04 Å². The highest BCUT2D eigenvalue weighted by Gasteiger charge is 2.41. The van der Waals surface area contributed by atoms with Gasteiger partial charge in [-0.15, -0.1) is 0 Å². The molecule has 3 aliphatic rings. The van der Waals surface area contributed by atoms with Crippen molar-refractivity contribution < 1.29 is 4.39 Å². The van der Waals surface area contributed by atoms with E-state index in [-0.39, 0.29) is 5.82 Å². The Morgan fingerprint density at radius 1 is 1.00 bits per heavy atom. The highest BCUT2D eigenvalue weighted by atomic mass is 19.1. The normalized spacial score (nSPS) is 30.8. The van der Waals surface area contributed by atoms with E-state index in [4.69, 9.17) is 0 Å². The maximum Gasteiger partial charge on any atom is 0.146 e. The molecule has 0 amide bonds. The zero-order chi connectivity index (χ0) is 14.2. The second-order valence-corrected chi connectivity index (χ2v) is 6.68. The fourth-order valence-electron chi connectivity index (χ4n) is 4.48. The molecule has 3 fully saturated rings. The second kappa shape index (κ2) is 5.58. The fourth-order valence-corrected chi connectivity index (χ4v) is 4.48. The van der Waals surface area contributed by atoms with Gasteiger partial charge in [-0.2, -0.15) is 0 Å². The first-order valence-electron chi connectivity index (χ1n) is 8.29. The van der Waals surface area contributed by atoms with E-state index in [1.165, 1.54) is 19.5 Å². The molecule has 0 aromatic heterocycles. The van der Waals surface area contributed by atoms with Gasteiger partial charge in [0.1, 0.15) is 5.82 Å². The van der Waals surface area contributed by atoms with Gasteiger partial charge in [0, 0.05) is 31.7 Å². The summed E-state index contributed by atoms with van der Waals surface area (Å²) in [4.78, 5) is 4.95. The lowest BCUT2D eigenvalue weighted by Crippen LogP contribution is -2.48. The summed E-state index contributed by atoms with van der Waals surface area (Å²) < 4.78 is 13.9. The summed E-state index contributed by atoms with van der Waals surface area (Å²) in [5.41, 5.74) is 0.776. The van der Waals surface area contributed by atoms with Gasteiger partial charge in [-0.1, -0.05) is 12.1 Å². The standard InChI is InChI=1S/C17H24FN3/c18-15-3-1-2-4-16(15)20-8-6-14(7-9-20)21-10-5-13-11-19-12-17(13)21/h1-4,13-14,17,19H,5-12H2. The predicted molar refractivity (Wildman–Crippen MR) is 83.1 cm³/mol. The molecule has 0 radical (unpaired) electrons. The number of para-hydroxylation sites is 1. The Morgan fingerprint density at radius 2 is 1.81 bits per heavy atom. The molecule has 2 unspecified atom stereocenters. The zero-order valence-electron chi connectivity index (χ0n) is 12.5. The zero-order valence-corrected chi connectivity index (χ0v) is 12.5. The number of fused-ring (bicyclic) bond motifs is 1. The average Bonchev–Trinajstić information content (AvgIpc) is 3.11.